The number of nitrogens with one attached hydrogen (secondary N) is 2. The molecule has 2 aromatic heterocycles. The van der Waals surface area contributed by atoms with E-state index in [0.717, 1.165) is 5.56 Å². The molecule has 0 aliphatic carbocycles. The molecular formula is C21H25F3N4O4. The molecule has 0 saturated heterocycles. The van der Waals surface area contributed by atoms with E-state index in [4.69, 9.17) is 4.74 Å². The maximum Gasteiger partial charge on any atom is 0.522 e. The topological polar surface area (TPSA) is 102 Å². The van der Waals surface area contributed by atoms with Gasteiger partial charge in [0.1, 0.15) is 23.9 Å². The van der Waals surface area contributed by atoms with Crippen molar-refractivity contribution in [2.75, 3.05) is 18.5 Å². The molecular weight excluding hydrogens is 429 g/mol. The molecule has 2 rings (SSSR count). The van der Waals surface area contributed by atoms with Crippen LogP contribution in [0.4, 0.5) is 19.0 Å². The van der Waals surface area contributed by atoms with Gasteiger partial charge in [-0.1, -0.05) is 13.8 Å². The second-order valence-corrected chi connectivity index (χ2v) is 7.29. The standard InChI is InChI=1S/C21H25F3N4O4/c1-12(2)19(29)28-18-10-15(5-6-25-18)14(4)27-20(30)16-9-13(3)17(11-26-16)31-7-8-32-21(22,23)24/h5-6,9-12,14H,7-8H2,1-4H3,(H,27,30)(H,25,28,29). The van der Waals surface area contributed by atoms with Crippen molar-refractivity contribution in [1.29, 1.82) is 0 Å². The first kappa shape index (κ1) is 25.1. The summed E-state index contributed by atoms with van der Waals surface area (Å²) >= 11 is 0. The number of aromatic nitrogens is 2. The van der Waals surface area contributed by atoms with Crippen LogP contribution in [-0.4, -0.2) is 41.4 Å². The lowest BCUT2D eigenvalue weighted by Gasteiger charge is -2.16. The van der Waals surface area contributed by atoms with E-state index in [9.17, 15) is 22.8 Å². The van der Waals surface area contributed by atoms with Gasteiger partial charge in [-0.05, 0) is 43.2 Å². The molecule has 0 aromatic carbocycles. The molecule has 2 amide bonds. The number of carbonyl (C=O) groups is 2. The Morgan fingerprint density at radius 2 is 1.84 bits per heavy atom. The Labute approximate surface area is 183 Å². The van der Waals surface area contributed by atoms with Gasteiger partial charge >= 0.3 is 6.36 Å². The second-order valence-electron chi connectivity index (χ2n) is 7.29. The van der Waals surface area contributed by atoms with Crippen molar-refractivity contribution < 1.29 is 32.2 Å². The Kier molecular flexibility index (Phi) is 8.53. The molecule has 174 valence electrons. The Hall–Kier alpha value is -3.21. The van der Waals surface area contributed by atoms with E-state index >= 15 is 0 Å². The number of rotatable bonds is 9. The fourth-order valence-electron chi connectivity index (χ4n) is 2.54. The van der Waals surface area contributed by atoms with Crippen molar-refractivity contribution in [3.8, 4) is 5.75 Å². The highest BCUT2D eigenvalue weighted by molar-refractivity contribution is 5.93. The number of hydrogen-bond acceptors (Lipinski definition) is 6. The number of hydrogen-bond donors (Lipinski definition) is 2. The summed E-state index contributed by atoms with van der Waals surface area (Å²) in [6.07, 6.45) is -1.91. The summed E-state index contributed by atoms with van der Waals surface area (Å²) in [5, 5.41) is 5.51. The first-order valence-corrected chi connectivity index (χ1v) is 9.84. The van der Waals surface area contributed by atoms with Crippen LogP contribution in [0, 0.1) is 12.8 Å². The number of ether oxygens (including phenoxy) is 2. The van der Waals surface area contributed by atoms with Gasteiger partial charge < -0.3 is 15.4 Å². The van der Waals surface area contributed by atoms with Crippen molar-refractivity contribution in [3.63, 3.8) is 0 Å². The highest BCUT2D eigenvalue weighted by atomic mass is 19.4. The van der Waals surface area contributed by atoms with Crippen LogP contribution in [0.25, 0.3) is 0 Å². The van der Waals surface area contributed by atoms with Crippen LogP contribution in [0.15, 0.2) is 30.6 Å². The van der Waals surface area contributed by atoms with Crippen molar-refractivity contribution in [2.24, 2.45) is 5.92 Å². The molecule has 32 heavy (non-hydrogen) atoms. The average Bonchev–Trinajstić information content (AvgIpc) is 2.71. The van der Waals surface area contributed by atoms with Gasteiger partial charge in [0.2, 0.25) is 5.91 Å². The molecule has 1 unspecified atom stereocenters. The zero-order valence-corrected chi connectivity index (χ0v) is 18.1. The Morgan fingerprint density at radius 3 is 2.47 bits per heavy atom. The van der Waals surface area contributed by atoms with E-state index in [2.05, 4.69) is 25.3 Å². The summed E-state index contributed by atoms with van der Waals surface area (Å²) in [7, 11) is 0. The average molecular weight is 454 g/mol. The van der Waals surface area contributed by atoms with Gasteiger partial charge in [-0.2, -0.15) is 0 Å². The molecule has 0 bridgehead atoms. The van der Waals surface area contributed by atoms with Crippen molar-refractivity contribution >= 4 is 17.6 Å². The summed E-state index contributed by atoms with van der Waals surface area (Å²) in [6, 6.07) is 4.46. The first-order chi connectivity index (χ1) is 15.0. The van der Waals surface area contributed by atoms with E-state index in [-0.39, 0.29) is 29.9 Å². The van der Waals surface area contributed by atoms with Gasteiger partial charge in [0.05, 0.1) is 18.8 Å². The number of pyridine rings is 2. The van der Waals surface area contributed by atoms with Crippen molar-refractivity contribution in [3.05, 3.63) is 47.4 Å². The molecule has 2 heterocycles. The normalized spacial score (nSPS) is 12.4. The number of nitrogens with zero attached hydrogens (tertiary/aromatic N) is 2. The minimum Gasteiger partial charge on any atom is -0.489 e. The van der Waals surface area contributed by atoms with Crippen LogP contribution in [0.3, 0.4) is 0 Å². The summed E-state index contributed by atoms with van der Waals surface area (Å²) < 4.78 is 44.8. The number of amides is 2. The van der Waals surface area contributed by atoms with Crippen LogP contribution in [-0.2, 0) is 9.53 Å². The largest absolute Gasteiger partial charge is 0.522 e. The molecule has 2 N–H and O–H groups in total. The highest BCUT2D eigenvalue weighted by Gasteiger charge is 2.28. The molecule has 0 aliphatic rings. The fraction of sp³-hybridized carbons (Fsp3) is 0.429. The lowest BCUT2D eigenvalue weighted by molar-refractivity contribution is -0.325. The van der Waals surface area contributed by atoms with Gasteiger partial charge in [-0.3, -0.25) is 14.3 Å². The van der Waals surface area contributed by atoms with Gasteiger partial charge in [0, 0.05) is 12.1 Å². The smallest absolute Gasteiger partial charge is 0.489 e. The minimum atomic E-state index is -4.72. The fourth-order valence-corrected chi connectivity index (χ4v) is 2.54. The monoisotopic (exact) mass is 454 g/mol. The summed E-state index contributed by atoms with van der Waals surface area (Å²) in [4.78, 5) is 32.5. The third kappa shape index (κ3) is 7.80. The van der Waals surface area contributed by atoms with Gasteiger partial charge in [0.15, 0.2) is 0 Å². The number of aryl methyl sites for hydroxylation is 1. The van der Waals surface area contributed by atoms with Crippen LogP contribution in [0.2, 0.25) is 0 Å². The lowest BCUT2D eigenvalue weighted by Crippen LogP contribution is -2.28. The molecule has 2 aromatic rings. The summed E-state index contributed by atoms with van der Waals surface area (Å²) in [6.45, 7) is 5.98. The van der Waals surface area contributed by atoms with Gasteiger partial charge in [-0.25, -0.2) is 9.97 Å². The summed E-state index contributed by atoms with van der Waals surface area (Å²) in [5.41, 5.74) is 1.39. The zero-order chi connectivity index (χ0) is 23.9. The van der Waals surface area contributed by atoms with Crippen LogP contribution in [0.1, 0.15) is 48.4 Å². The zero-order valence-electron chi connectivity index (χ0n) is 18.1. The maximum atomic E-state index is 12.6. The van der Waals surface area contributed by atoms with E-state index in [1.54, 1.807) is 39.8 Å². The Bertz CT molecular complexity index is 951. The van der Waals surface area contributed by atoms with Gasteiger partial charge in [0.25, 0.3) is 5.91 Å². The molecule has 1 atom stereocenters. The molecule has 11 heteroatoms. The van der Waals surface area contributed by atoms with Gasteiger partial charge in [-0.15, -0.1) is 13.2 Å². The first-order valence-electron chi connectivity index (χ1n) is 9.84. The number of halogens is 3. The summed E-state index contributed by atoms with van der Waals surface area (Å²) in [5.74, 6) is -0.182. The predicted molar refractivity (Wildman–Crippen MR) is 110 cm³/mol. The van der Waals surface area contributed by atoms with Crippen LogP contribution in [0.5, 0.6) is 5.75 Å². The maximum absolute atomic E-state index is 12.6. The van der Waals surface area contributed by atoms with Crippen LogP contribution >= 0.6 is 0 Å². The molecule has 0 spiro atoms. The third-order valence-electron chi connectivity index (χ3n) is 4.31. The van der Waals surface area contributed by atoms with Crippen molar-refractivity contribution in [1.82, 2.24) is 15.3 Å². The number of carbonyl (C=O) groups excluding carboxylic acids is 2. The quantitative estimate of drug-likeness (QED) is 0.559. The van der Waals surface area contributed by atoms with E-state index in [0.29, 0.717) is 11.4 Å². The second kappa shape index (κ2) is 10.9. The molecule has 0 saturated carbocycles. The molecule has 8 nitrogen and oxygen atoms in total. The lowest BCUT2D eigenvalue weighted by atomic mass is 10.1. The molecule has 0 fully saturated rings. The molecule has 0 aliphatic heterocycles. The third-order valence-corrected chi connectivity index (χ3v) is 4.31. The number of alkyl halides is 3. The highest BCUT2D eigenvalue weighted by Crippen LogP contribution is 2.20. The Morgan fingerprint density at radius 1 is 1.12 bits per heavy atom. The van der Waals surface area contributed by atoms with Crippen LogP contribution < -0.4 is 15.4 Å². The van der Waals surface area contributed by atoms with E-state index in [1.807, 2.05) is 0 Å². The SMILES string of the molecule is Cc1cc(C(=O)NC(C)c2ccnc(NC(=O)C(C)C)c2)ncc1OCCOC(F)(F)F. The molecule has 0 radical (unpaired) electrons. The van der Waals surface area contributed by atoms with E-state index in [1.165, 1.54) is 18.5 Å². The van der Waals surface area contributed by atoms with E-state index < -0.39 is 24.9 Å². The number of anilines is 1. The predicted octanol–water partition coefficient (Wildman–Crippen LogP) is 3.79. The van der Waals surface area contributed by atoms with Crippen molar-refractivity contribution in [2.45, 2.75) is 40.1 Å². The minimum absolute atomic E-state index is 0.121. The Balaban J connectivity index is 1.97.